The van der Waals surface area contributed by atoms with Gasteiger partial charge in [0.15, 0.2) is 0 Å². The van der Waals surface area contributed by atoms with Gasteiger partial charge < -0.3 is 5.32 Å². The van der Waals surface area contributed by atoms with Gasteiger partial charge in [0.05, 0.1) is 4.90 Å². The van der Waals surface area contributed by atoms with E-state index < -0.39 is 10.0 Å². The average Bonchev–Trinajstić information content (AvgIpc) is 3.11. The van der Waals surface area contributed by atoms with Crippen molar-refractivity contribution in [2.45, 2.75) is 24.3 Å². The molecule has 1 aliphatic carbocycles. The molecule has 2 rings (SSSR count). The van der Waals surface area contributed by atoms with Crippen molar-refractivity contribution in [3.05, 3.63) is 29.8 Å². The molecule has 2 N–H and O–H groups in total. The molecule has 1 saturated carbocycles. The number of hydrogen-bond acceptors (Lipinski definition) is 3. The number of benzene rings is 1. The normalized spacial score (nSPS) is 16.1. The van der Waals surface area contributed by atoms with Crippen molar-refractivity contribution in [1.82, 2.24) is 10.0 Å². The van der Waals surface area contributed by atoms with Crippen molar-refractivity contribution in [3.63, 3.8) is 0 Å². The van der Waals surface area contributed by atoms with Crippen LogP contribution in [0.4, 0.5) is 0 Å². The molecule has 0 heterocycles. The molecule has 1 aliphatic rings. The van der Waals surface area contributed by atoms with Crippen LogP contribution in [0, 0.1) is 5.92 Å². The highest BCUT2D eigenvalue weighted by molar-refractivity contribution is 7.89. The molecule has 0 bridgehead atoms. The van der Waals surface area contributed by atoms with Crippen LogP contribution in [-0.4, -0.2) is 22.0 Å². The second-order valence-corrected chi connectivity index (χ2v) is 6.24. The van der Waals surface area contributed by atoms with Crippen LogP contribution in [0.5, 0.6) is 0 Å². The molecule has 1 aromatic rings. The van der Waals surface area contributed by atoms with Gasteiger partial charge in [0.2, 0.25) is 10.0 Å². The zero-order valence-corrected chi connectivity index (χ0v) is 10.8. The highest BCUT2D eigenvalue weighted by atomic mass is 32.2. The molecule has 0 amide bonds. The van der Waals surface area contributed by atoms with E-state index in [2.05, 4.69) is 10.0 Å². The lowest BCUT2D eigenvalue weighted by molar-refractivity contribution is 0.577. The Kier molecular flexibility index (Phi) is 3.81. The fourth-order valence-corrected chi connectivity index (χ4v) is 2.85. The van der Waals surface area contributed by atoms with E-state index in [1.165, 1.54) is 0 Å². The van der Waals surface area contributed by atoms with Crippen LogP contribution in [0.3, 0.4) is 0 Å². The van der Waals surface area contributed by atoms with Crippen LogP contribution in [0.1, 0.15) is 18.4 Å². The Morgan fingerprint density at radius 3 is 2.76 bits per heavy atom. The molecule has 0 aliphatic heterocycles. The Morgan fingerprint density at radius 2 is 2.12 bits per heavy atom. The lowest BCUT2D eigenvalue weighted by atomic mass is 10.2. The van der Waals surface area contributed by atoms with Crippen molar-refractivity contribution in [2.24, 2.45) is 5.92 Å². The highest BCUT2D eigenvalue weighted by Crippen LogP contribution is 2.28. The summed E-state index contributed by atoms with van der Waals surface area (Å²) in [6.07, 6.45) is 2.28. The second kappa shape index (κ2) is 5.16. The summed E-state index contributed by atoms with van der Waals surface area (Å²) in [5, 5.41) is 3.01. The van der Waals surface area contributed by atoms with E-state index in [0.717, 1.165) is 18.4 Å². The second-order valence-electron chi connectivity index (χ2n) is 4.47. The van der Waals surface area contributed by atoms with Crippen molar-refractivity contribution < 1.29 is 8.42 Å². The van der Waals surface area contributed by atoms with E-state index >= 15 is 0 Å². The number of nitrogens with one attached hydrogen (secondary N) is 2. The first-order chi connectivity index (χ1) is 8.12. The van der Waals surface area contributed by atoms with Gasteiger partial charge in [-0.2, -0.15) is 0 Å². The minimum atomic E-state index is -3.33. The summed E-state index contributed by atoms with van der Waals surface area (Å²) in [4.78, 5) is 0.353. The van der Waals surface area contributed by atoms with Crippen molar-refractivity contribution in [2.75, 3.05) is 13.6 Å². The third kappa shape index (κ3) is 3.52. The number of hydrogen-bond donors (Lipinski definition) is 2. The smallest absolute Gasteiger partial charge is 0.240 e. The van der Waals surface area contributed by atoms with Gasteiger partial charge in [0.1, 0.15) is 0 Å². The van der Waals surface area contributed by atoms with Gasteiger partial charge in [-0.1, -0.05) is 12.1 Å². The van der Waals surface area contributed by atoms with Crippen molar-refractivity contribution >= 4 is 10.0 Å². The van der Waals surface area contributed by atoms with Gasteiger partial charge in [-0.3, -0.25) is 0 Å². The Hall–Kier alpha value is -0.910. The molecule has 1 fully saturated rings. The molecular formula is C12H18N2O2S. The Bertz CT molecular complexity index is 481. The molecule has 0 radical (unpaired) electrons. The average molecular weight is 254 g/mol. The summed E-state index contributed by atoms with van der Waals surface area (Å²) in [6, 6.07) is 7.04. The van der Waals surface area contributed by atoms with Crippen LogP contribution in [0.2, 0.25) is 0 Å². The summed E-state index contributed by atoms with van der Waals surface area (Å²) < 4.78 is 26.6. The Morgan fingerprint density at radius 1 is 1.35 bits per heavy atom. The maximum absolute atomic E-state index is 12.0. The first-order valence-electron chi connectivity index (χ1n) is 5.85. The van der Waals surface area contributed by atoms with Gasteiger partial charge in [-0.05, 0) is 43.5 Å². The van der Waals surface area contributed by atoms with Gasteiger partial charge in [0.25, 0.3) is 0 Å². The van der Waals surface area contributed by atoms with Gasteiger partial charge >= 0.3 is 0 Å². The molecule has 94 valence electrons. The van der Waals surface area contributed by atoms with E-state index in [0.29, 0.717) is 23.9 Å². The largest absolute Gasteiger partial charge is 0.316 e. The predicted molar refractivity (Wildman–Crippen MR) is 67.1 cm³/mol. The van der Waals surface area contributed by atoms with Crippen LogP contribution in [0.15, 0.2) is 29.2 Å². The highest BCUT2D eigenvalue weighted by Gasteiger charge is 2.24. The summed E-state index contributed by atoms with van der Waals surface area (Å²) in [7, 11) is -1.49. The molecule has 0 atom stereocenters. The molecule has 4 nitrogen and oxygen atoms in total. The van der Waals surface area contributed by atoms with E-state index in [4.69, 9.17) is 0 Å². The monoisotopic (exact) mass is 254 g/mol. The minimum Gasteiger partial charge on any atom is -0.316 e. The van der Waals surface area contributed by atoms with Gasteiger partial charge in [0, 0.05) is 13.1 Å². The van der Waals surface area contributed by atoms with Crippen LogP contribution in [-0.2, 0) is 16.6 Å². The quantitative estimate of drug-likeness (QED) is 0.799. The lowest BCUT2D eigenvalue weighted by Gasteiger charge is -2.07. The zero-order valence-electron chi connectivity index (χ0n) is 9.94. The van der Waals surface area contributed by atoms with Crippen LogP contribution < -0.4 is 10.0 Å². The van der Waals surface area contributed by atoms with E-state index in [1.54, 1.807) is 18.2 Å². The Balaban J connectivity index is 2.10. The number of sulfonamides is 1. The molecule has 17 heavy (non-hydrogen) atoms. The molecular weight excluding hydrogens is 236 g/mol. The maximum atomic E-state index is 12.0. The lowest BCUT2D eigenvalue weighted by Crippen LogP contribution is -2.26. The number of rotatable bonds is 6. The zero-order chi connectivity index (χ0) is 12.3. The van der Waals surface area contributed by atoms with E-state index in [9.17, 15) is 8.42 Å². The fourth-order valence-electron chi connectivity index (χ4n) is 1.66. The minimum absolute atomic E-state index is 0.353. The van der Waals surface area contributed by atoms with Gasteiger partial charge in [-0.25, -0.2) is 13.1 Å². The SMILES string of the molecule is CNCc1cccc(S(=O)(=O)NCC2CC2)c1. The topological polar surface area (TPSA) is 58.2 Å². The molecule has 5 heteroatoms. The van der Waals surface area contributed by atoms with Crippen molar-refractivity contribution in [1.29, 1.82) is 0 Å². The van der Waals surface area contributed by atoms with Crippen LogP contribution in [0.25, 0.3) is 0 Å². The Labute approximate surface area is 102 Å². The molecule has 0 saturated heterocycles. The molecule has 1 aromatic carbocycles. The molecule has 0 unspecified atom stereocenters. The standard InChI is InChI=1S/C12H18N2O2S/c1-13-8-11-3-2-4-12(7-11)17(15,16)14-9-10-5-6-10/h2-4,7,10,13-14H,5-6,8-9H2,1H3. The predicted octanol–water partition coefficient (Wildman–Crippen LogP) is 1.09. The molecule has 0 aromatic heterocycles. The van der Waals surface area contributed by atoms with E-state index in [1.807, 2.05) is 13.1 Å². The first kappa shape index (κ1) is 12.5. The summed E-state index contributed by atoms with van der Waals surface area (Å²) in [5.74, 6) is 0.547. The summed E-state index contributed by atoms with van der Waals surface area (Å²) in [5.41, 5.74) is 0.974. The van der Waals surface area contributed by atoms with Crippen molar-refractivity contribution in [3.8, 4) is 0 Å². The summed E-state index contributed by atoms with van der Waals surface area (Å²) >= 11 is 0. The third-order valence-electron chi connectivity index (χ3n) is 2.85. The van der Waals surface area contributed by atoms with Crippen LogP contribution >= 0.6 is 0 Å². The first-order valence-corrected chi connectivity index (χ1v) is 7.33. The fraction of sp³-hybridized carbons (Fsp3) is 0.500. The summed E-state index contributed by atoms with van der Waals surface area (Å²) in [6.45, 7) is 1.24. The van der Waals surface area contributed by atoms with Gasteiger partial charge in [-0.15, -0.1) is 0 Å². The van der Waals surface area contributed by atoms with E-state index in [-0.39, 0.29) is 0 Å². The third-order valence-corrected chi connectivity index (χ3v) is 4.27. The maximum Gasteiger partial charge on any atom is 0.240 e. The molecule has 0 spiro atoms.